The number of fused-ring (bicyclic) bond motifs is 3. The van der Waals surface area contributed by atoms with Gasteiger partial charge in [-0.3, -0.25) is 4.57 Å². The molecule has 0 aliphatic heterocycles. The molecule has 0 N–H and O–H groups in total. The molecule has 0 aliphatic carbocycles. The molecule has 0 amide bonds. The van der Waals surface area contributed by atoms with Gasteiger partial charge in [0, 0.05) is 34.7 Å². The fourth-order valence-corrected chi connectivity index (χ4v) is 6.88. The number of rotatable bonds is 6. The Kier molecular flexibility index (Phi) is 9.83. The van der Waals surface area contributed by atoms with E-state index in [1.807, 2.05) is 28.7 Å². The third kappa shape index (κ3) is 10.0. The molecule has 3 aromatic heterocycles. The van der Waals surface area contributed by atoms with Crippen molar-refractivity contribution in [2.45, 2.75) is 52.4 Å². The maximum atomic E-state index is 9.87. The number of hydrogen-bond acceptors (Lipinski definition) is 3. The second kappa shape index (κ2) is 14.1. The molecule has 0 atom stereocenters. The first-order valence-electron chi connectivity index (χ1n) is 18.9. The maximum absolute atomic E-state index is 10.7. The standard InChI is InChI=1S/C46H44N5O.F6P/c1-45(2,3)34-23-24-47-44(27-34)51-41-16-12-11-15-39(41)40-22-21-37(29-42(40)51)52-38-26-35(46(4,5)6)25-36(28-38)50-30-43(49(7)48-50)33-19-17-32(18-20-33)31-13-9-8-10-14-31;1-7(2,3,4,5)6/h8-30H,1-7H3;/q+1;-1. The van der Waals surface area contributed by atoms with E-state index in [0.717, 1.165) is 56.2 Å². The molecule has 13 heteroatoms. The van der Waals surface area contributed by atoms with E-state index in [4.69, 9.17) is 14.9 Å². The molecule has 0 saturated carbocycles. The fraction of sp³-hybridized carbons (Fsp3) is 0.196. The molecule has 0 fully saturated rings. The Morgan fingerprint density at radius 2 is 1.17 bits per heavy atom. The SMILES string of the molecule is C[n+]1nn(-c2cc(Oc3ccc4c5ccccc5n(-c5cc(C(C)(C)C)ccn5)c4c3)cc(C(C)(C)C)c2)cc1-c1ccc(-c2ccccc2)cc1.F[P-](F)(F)(F)(F)F. The molecule has 306 valence electrons. The molecular weight excluding hydrogens is 784 g/mol. The molecule has 3 heterocycles. The van der Waals surface area contributed by atoms with Gasteiger partial charge in [0.15, 0.2) is 17.6 Å². The van der Waals surface area contributed by atoms with Crippen molar-refractivity contribution in [3.05, 3.63) is 151 Å². The van der Waals surface area contributed by atoms with Crippen LogP contribution in [0.2, 0.25) is 0 Å². The van der Waals surface area contributed by atoms with Crippen molar-refractivity contribution in [2.75, 3.05) is 0 Å². The summed E-state index contributed by atoms with van der Waals surface area (Å²) in [6.45, 7) is 13.4. The number of pyridine rings is 1. The normalized spacial score (nSPS) is 13.4. The number of aryl methyl sites for hydroxylation is 1. The van der Waals surface area contributed by atoms with Crippen LogP contribution in [0.25, 0.3) is 55.7 Å². The van der Waals surface area contributed by atoms with Crippen molar-refractivity contribution >= 4 is 29.6 Å². The first-order chi connectivity index (χ1) is 27.4. The van der Waals surface area contributed by atoms with Crippen LogP contribution >= 0.6 is 7.81 Å². The van der Waals surface area contributed by atoms with Gasteiger partial charge >= 0.3 is 33.0 Å². The van der Waals surface area contributed by atoms with Crippen molar-refractivity contribution in [3.8, 4) is 45.4 Å². The van der Waals surface area contributed by atoms with Crippen LogP contribution in [0.15, 0.2) is 140 Å². The van der Waals surface area contributed by atoms with Gasteiger partial charge in [-0.2, -0.15) is 0 Å². The second-order valence-corrected chi connectivity index (χ2v) is 18.5. The number of ether oxygens (including phenoxy) is 1. The zero-order valence-corrected chi connectivity index (χ0v) is 34.5. The fourth-order valence-electron chi connectivity index (χ4n) is 6.88. The van der Waals surface area contributed by atoms with Crippen molar-refractivity contribution in [1.82, 2.24) is 19.4 Å². The minimum atomic E-state index is -10.7. The summed E-state index contributed by atoms with van der Waals surface area (Å²) in [4.78, 5) is 4.85. The summed E-state index contributed by atoms with van der Waals surface area (Å²) in [5, 5.41) is 7.25. The van der Waals surface area contributed by atoms with Gasteiger partial charge < -0.3 is 4.74 Å². The molecule has 59 heavy (non-hydrogen) atoms. The number of halogens is 6. The average molecular weight is 828 g/mol. The summed E-state index contributed by atoms with van der Waals surface area (Å²) in [7, 11) is -8.67. The number of benzene rings is 5. The van der Waals surface area contributed by atoms with Crippen LogP contribution in [-0.2, 0) is 17.9 Å². The molecule has 5 aromatic carbocycles. The van der Waals surface area contributed by atoms with Crippen molar-refractivity contribution in [3.63, 3.8) is 0 Å². The first kappa shape index (κ1) is 41.2. The zero-order chi connectivity index (χ0) is 42.6. The number of aromatic nitrogens is 5. The van der Waals surface area contributed by atoms with Gasteiger partial charge in [0.05, 0.1) is 16.2 Å². The van der Waals surface area contributed by atoms with Gasteiger partial charge in [-0.25, -0.2) is 4.98 Å². The van der Waals surface area contributed by atoms with Crippen LogP contribution < -0.4 is 9.42 Å². The summed E-state index contributed by atoms with van der Waals surface area (Å²) < 4.78 is 72.1. The van der Waals surface area contributed by atoms with Crippen LogP contribution in [0.5, 0.6) is 11.5 Å². The Morgan fingerprint density at radius 3 is 1.83 bits per heavy atom. The second-order valence-electron chi connectivity index (χ2n) is 16.6. The van der Waals surface area contributed by atoms with Gasteiger partial charge in [-0.05, 0) is 87.7 Å². The van der Waals surface area contributed by atoms with E-state index in [9.17, 15) is 25.2 Å². The quantitative estimate of drug-likeness (QED) is 0.0953. The minimum absolute atomic E-state index is 0.000118. The van der Waals surface area contributed by atoms with Crippen LogP contribution in [0.1, 0.15) is 52.7 Å². The zero-order valence-electron chi connectivity index (χ0n) is 33.6. The molecule has 8 aromatic rings. The first-order valence-corrected chi connectivity index (χ1v) is 20.9. The monoisotopic (exact) mass is 827 g/mol. The average Bonchev–Trinajstić information content (AvgIpc) is 3.71. The summed E-state index contributed by atoms with van der Waals surface area (Å²) >= 11 is 0. The third-order valence-electron chi connectivity index (χ3n) is 9.85. The molecule has 0 unspecified atom stereocenters. The van der Waals surface area contributed by atoms with E-state index in [2.05, 4.69) is 174 Å². The van der Waals surface area contributed by atoms with Crippen molar-refractivity contribution in [2.24, 2.45) is 7.05 Å². The summed E-state index contributed by atoms with van der Waals surface area (Å²) in [5.41, 5.74) is 9.89. The predicted octanol–water partition coefficient (Wildman–Crippen LogP) is 14.3. The number of hydrogen-bond donors (Lipinski definition) is 0. The van der Waals surface area contributed by atoms with Gasteiger partial charge in [0.2, 0.25) is 0 Å². The Bertz CT molecular complexity index is 2810. The molecule has 0 spiro atoms. The molecule has 0 aliphatic rings. The Morgan fingerprint density at radius 1 is 0.576 bits per heavy atom. The van der Waals surface area contributed by atoms with E-state index < -0.39 is 7.81 Å². The summed E-state index contributed by atoms with van der Waals surface area (Å²) in [6, 6.07) is 44.7. The van der Waals surface area contributed by atoms with Crippen molar-refractivity contribution < 1.29 is 34.6 Å². The Balaban J connectivity index is 0.000000694. The molecular formula is C46H44F6N5OP. The molecule has 0 saturated heterocycles. The van der Waals surface area contributed by atoms with E-state index in [-0.39, 0.29) is 10.8 Å². The van der Waals surface area contributed by atoms with Crippen LogP contribution in [0.4, 0.5) is 25.2 Å². The van der Waals surface area contributed by atoms with Crippen molar-refractivity contribution in [1.29, 1.82) is 0 Å². The summed E-state index contributed by atoms with van der Waals surface area (Å²) in [5.74, 6) is 2.40. The Labute approximate surface area is 338 Å². The van der Waals surface area contributed by atoms with Gasteiger partial charge in [-0.1, -0.05) is 102 Å². The van der Waals surface area contributed by atoms with E-state index in [0.29, 0.717) is 0 Å². The van der Waals surface area contributed by atoms with Gasteiger partial charge in [0.1, 0.15) is 24.4 Å². The van der Waals surface area contributed by atoms with Crippen LogP contribution in [-0.4, -0.2) is 19.4 Å². The predicted molar refractivity (Wildman–Crippen MR) is 225 cm³/mol. The van der Waals surface area contributed by atoms with E-state index >= 15 is 0 Å². The van der Waals surface area contributed by atoms with Gasteiger partial charge in [-0.15, -0.1) is 9.36 Å². The van der Waals surface area contributed by atoms with Crippen LogP contribution in [0.3, 0.4) is 0 Å². The topological polar surface area (TPSA) is 48.8 Å². The van der Waals surface area contributed by atoms with Gasteiger partial charge in [0.25, 0.3) is 0 Å². The molecule has 8 rings (SSSR count). The molecule has 0 bridgehead atoms. The van der Waals surface area contributed by atoms with E-state index in [1.165, 1.54) is 22.1 Å². The van der Waals surface area contributed by atoms with E-state index in [1.54, 1.807) is 0 Å². The number of para-hydroxylation sites is 1. The van der Waals surface area contributed by atoms with Crippen LogP contribution in [0, 0.1) is 0 Å². The number of nitrogens with zero attached hydrogens (tertiary/aromatic N) is 5. The molecule has 0 radical (unpaired) electrons. The summed E-state index contributed by atoms with van der Waals surface area (Å²) in [6.07, 6.45) is 4.00. The molecule has 6 nitrogen and oxygen atoms in total. The third-order valence-corrected chi connectivity index (χ3v) is 9.85. The Hall–Kier alpha value is -6.00.